The van der Waals surface area contributed by atoms with Gasteiger partial charge in [0.1, 0.15) is 5.75 Å². The van der Waals surface area contributed by atoms with E-state index in [1.165, 1.54) is 5.56 Å². The first-order valence-electron chi connectivity index (χ1n) is 7.19. The standard InChI is InChI=1S/C16H25NO3S/c1-12-6-8-14(9-7-12)20-10-4-5-16(19)17-13(2)15(11-18)21-3/h6-9,13,15,18H,4-5,10-11H2,1-3H3,(H,17,19). The molecule has 5 heteroatoms. The molecule has 1 rings (SSSR count). The number of hydrogen-bond donors (Lipinski definition) is 2. The number of aryl methyl sites for hydroxylation is 1. The molecule has 0 radical (unpaired) electrons. The molecule has 0 saturated heterocycles. The lowest BCUT2D eigenvalue weighted by Gasteiger charge is -2.21. The van der Waals surface area contributed by atoms with Crippen LogP contribution in [0.2, 0.25) is 0 Å². The second-order valence-electron chi connectivity index (χ2n) is 5.08. The maximum absolute atomic E-state index is 11.8. The molecule has 118 valence electrons. The molecule has 2 atom stereocenters. The number of carbonyl (C=O) groups excluding carboxylic acids is 1. The summed E-state index contributed by atoms with van der Waals surface area (Å²) in [7, 11) is 0. The summed E-state index contributed by atoms with van der Waals surface area (Å²) in [5.41, 5.74) is 1.20. The molecule has 0 spiro atoms. The predicted molar refractivity (Wildman–Crippen MR) is 87.9 cm³/mol. The van der Waals surface area contributed by atoms with Gasteiger partial charge in [-0.1, -0.05) is 17.7 Å². The van der Waals surface area contributed by atoms with E-state index in [1.807, 2.05) is 44.4 Å². The molecule has 1 aromatic carbocycles. The van der Waals surface area contributed by atoms with Crippen molar-refractivity contribution in [2.24, 2.45) is 0 Å². The molecule has 0 saturated carbocycles. The number of carbonyl (C=O) groups is 1. The van der Waals surface area contributed by atoms with Crippen molar-refractivity contribution in [3.05, 3.63) is 29.8 Å². The Morgan fingerprint density at radius 2 is 2.05 bits per heavy atom. The quantitative estimate of drug-likeness (QED) is 0.688. The van der Waals surface area contributed by atoms with Crippen LogP contribution in [-0.4, -0.2) is 41.8 Å². The Kier molecular flexibility index (Phi) is 8.23. The highest BCUT2D eigenvalue weighted by molar-refractivity contribution is 7.99. The topological polar surface area (TPSA) is 58.6 Å². The van der Waals surface area contributed by atoms with Crippen LogP contribution in [0.25, 0.3) is 0 Å². The smallest absolute Gasteiger partial charge is 0.220 e. The fourth-order valence-corrected chi connectivity index (χ4v) is 2.54. The Morgan fingerprint density at radius 3 is 2.62 bits per heavy atom. The fourth-order valence-electron chi connectivity index (χ4n) is 1.91. The molecule has 2 unspecified atom stereocenters. The SMILES string of the molecule is CSC(CO)C(C)NC(=O)CCCOc1ccc(C)cc1. The van der Waals surface area contributed by atoms with Crippen LogP contribution in [-0.2, 0) is 4.79 Å². The number of ether oxygens (including phenoxy) is 1. The summed E-state index contributed by atoms with van der Waals surface area (Å²) in [5, 5.41) is 12.1. The van der Waals surface area contributed by atoms with E-state index in [4.69, 9.17) is 4.74 Å². The van der Waals surface area contributed by atoms with Gasteiger partial charge in [-0.2, -0.15) is 11.8 Å². The Hall–Kier alpha value is -1.20. The van der Waals surface area contributed by atoms with Crippen LogP contribution in [0.5, 0.6) is 5.75 Å². The van der Waals surface area contributed by atoms with Gasteiger partial charge in [-0.25, -0.2) is 0 Å². The van der Waals surface area contributed by atoms with Crippen molar-refractivity contribution in [3.63, 3.8) is 0 Å². The number of hydrogen-bond acceptors (Lipinski definition) is 4. The van der Waals surface area contributed by atoms with Crippen LogP contribution in [0, 0.1) is 6.92 Å². The summed E-state index contributed by atoms with van der Waals surface area (Å²) < 4.78 is 5.58. The van der Waals surface area contributed by atoms with Crippen LogP contribution in [0.15, 0.2) is 24.3 Å². The minimum atomic E-state index is -0.0319. The van der Waals surface area contributed by atoms with Crippen LogP contribution < -0.4 is 10.1 Å². The van der Waals surface area contributed by atoms with E-state index >= 15 is 0 Å². The Bertz CT molecular complexity index is 418. The van der Waals surface area contributed by atoms with Gasteiger partial charge < -0.3 is 15.2 Å². The first-order chi connectivity index (χ1) is 10.1. The molecule has 0 aliphatic rings. The number of aliphatic hydroxyl groups is 1. The van der Waals surface area contributed by atoms with Gasteiger partial charge >= 0.3 is 0 Å². The zero-order chi connectivity index (χ0) is 15.7. The highest BCUT2D eigenvalue weighted by Gasteiger charge is 2.16. The molecule has 21 heavy (non-hydrogen) atoms. The second-order valence-corrected chi connectivity index (χ2v) is 6.15. The lowest BCUT2D eigenvalue weighted by molar-refractivity contribution is -0.121. The fraction of sp³-hybridized carbons (Fsp3) is 0.562. The maximum Gasteiger partial charge on any atom is 0.220 e. The van der Waals surface area contributed by atoms with E-state index in [9.17, 15) is 9.90 Å². The molecule has 0 heterocycles. The van der Waals surface area contributed by atoms with Gasteiger partial charge in [0, 0.05) is 17.7 Å². The first-order valence-corrected chi connectivity index (χ1v) is 8.48. The van der Waals surface area contributed by atoms with Gasteiger partial charge in [-0.15, -0.1) is 0 Å². The third-order valence-electron chi connectivity index (χ3n) is 3.27. The molecule has 4 nitrogen and oxygen atoms in total. The van der Waals surface area contributed by atoms with Gasteiger partial charge in [0.15, 0.2) is 0 Å². The van der Waals surface area contributed by atoms with E-state index in [0.29, 0.717) is 19.4 Å². The van der Waals surface area contributed by atoms with Gasteiger partial charge in [0.25, 0.3) is 0 Å². The van der Waals surface area contributed by atoms with Crippen molar-refractivity contribution in [1.29, 1.82) is 0 Å². The van der Waals surface area contributed by atoms with E-state index in [-0.39, 0.29) is 23.8 Å². The lowest BCUT2D eigenvalue weighted by Crippen LogP contribution is -2.41. The monoisotopic (exact) mass is 311 g/mol. The Labute approximate surface area is 131 Å². The van der Waals surface area contributed by atoms with Crippen molar-refractivity contribution in [1.82, 2.24) is 5.32 Å². The van der Waals surface area contributed by atoms with Crippen LogP contribution in [0.4, 0.5) is 0 Å². The summed E-state index contributed by atoms with van der Waals surface area (Å²) in [4.78, 5) is 11.8. The molecule has 2 N–H and O–H groups in total. The molecular weight excluding hydrogens is 286 g/mol. The van der Waals surface area contributed by atoms with Crippen LogP contribution in [0.3, 0.4) is 0 Å². The third kappa shape index (κ3) is 6.87. The summed E-state index contributed by atoms with van der Waals surface area (Å²) in [5.74, 6) is 0.833. The number of thioether (sulfide) groups is 1. The number of aliphatic hydroxyl groups excluding tert-OH is 1. The lowest BCUT2D eigenvalue weighted by atomic mass is 10.2. The van der Waals surface area contributed by atoms with Gasteiger partial charge in [-0.3, -0.25) is 4.79 Å². The van der Waals surface area contributed by atoms with E-state index in [1.54, 1.807) is 11.8 Å². The average Bonchev–Trinajstić information content (AvgIpc) is 2.46. The average molecular weight is 311 g/mol. The van der Waals surface area contributed by atoms with E-state index < -0.39 is 0 Å². The van der Waals surface area contributed by atoms with E-state index in [0.717, 1.165) is 5.75 Å². The molecule has 0 aliphatic carbocycles. The minimum absolute atomic E-state index is 0.00232. The first kappa shape index (κ1) is 17.9. The summed E-state index contributed by atoms with van der Waals surface area (Å²) in [6, 6.07) is 7.84. The van der Waals surface area contributed by atoms with Crippen LogP contribution in [0.1, 0.15) is 25.3 Å². The van der Waals surface area contributed by atoms with E-state index in [2.05, 4.69) is 5.32 Å². The minimum Gasteiger partial charge on any atom is -0.494 e. The molecule has 1 amide bonds. The maximum atomic E-state index is 11.8. The summed E-state index contributed by atoms with van der Waals surface area (Å²) in [6.45, 7) is 4.54. The molecule has 0 aliphatic heterocycles. The normalized spacial score (nSPS) is 13.5. The Morgan fingerprint density at radius 1 is 1.38 bits per heavy atom. The molecule has 1 aromatic rings. The summed E-state index contributed by atoms with van der Waals surface area (Å²) in [6.07, 6.45) is 3.04. The van der Waals surface area contributed by atoms with Crippen molar-refractivity contribution in [3.8, 4) is 5.75 Å². The van der Waals surface area contributed by atoms with Gasteiger partial charge in [0.2, 0.25) is 5.91 Å². The number of benzene rings is 1. The summed E-state index contributed by atoms with van der Waals surface area (Å²) >= 11 is 1.56. The molecular formula is C16H25NO3S. The highest BCUT2D eigenvalue weighted by atomic mass is 32.2. The molecule has 0 bridgehead atoms. The zero-order valence-corrected chi connectivity index (χ0v) is 13.8. The van der Waals surface area contributed by atoms with Gasteiger partial charge in [0.05, 0.1) is 13.2 Å². The third-order valence-corrected chi connectivity index (χ3v) is 4.43. The highest BCUT2D eigenvalue weighted by Crippen LogP contribution is 2.12. The van der Waals surface area contributed by atoms with Crippen molar-refractivity contribution < 1.29 is 14.6 Å². The number of amides is 1. The second kappa shape index (κ2) is 9.68. The molecule has 0 fully saturated rings. The van der Waals surface area contributed by atoms with Crippen molar-refractivity contribution >= 4 is 17.7 Å². The predicted octanol–water partition coefficient (Wildman–Crippen LogP) is 2.38. The molecule has 0 aromatic heterocycles. The van der Waals surface area contributed by atoms with Crippen LogP contribution >= 0.6 is 11.8 Å². The Balaban J connectivity index is 2.20. The van der Waals surface area contributed by atoms with Crippen molar-refractivity contribution in [2.45, 2.75) is 38.0 Å². The largest absolute Gasteiger partial charge is 0.494 e. The number of rotatable bonds is 9. The van der Waals surface area contributed by atoms with Gasteiger partial charge in [-0.05, 0) is 38.7 Å². The van der Waals surface area contributed by atoms with Crippen molar-refractivity contribution in [2.75, 3.05) is 19.5 Å². The number of nitrogens with one attached hydrogen (secondary N) is 1. The zero-order valence-electron chi connectivity index (χ0n) is 13.0.